The van der Waals surface area contributed by atoms with E-state index in [2.05, 4.69) is 63.7 Å². The molecule has 2 aromatic carbocycles. The molecular weight excluding hydrogens is 322 g/mol. The minimum Gasteiger partial charge on any atom is -0.357 e. The van der Waals surface area contributed by atoms with Crippen molar-refractivity contribution in [2.45, 2.75) is 26.4 Å². The molecule has 1 heterocycles. The maximum absolute atomic E-state index is 4.66. The highest BCUT2D eigenvalue weighted by atomic mass is 15.2. The molecule has 0 aliphatic carbocycles. The number of nitrogens with one attached hydrogen (secondary N) is 3. The molecule has 0 aliphatic heterocycles. The van der Waals surface area contributed by atoms with Gasteiger partial charge in [-0.2, -0.15) is 0 Å². The number of hydrogen-bond acceptors (Lipinski definition) is 2. The predicted octanol–water partition coefficient (Wildman–Crippen LogP) is 3.89. The standard InChI is InChI=1S/C21H25N5/c1-3-22-21(25-16(2)17-10-6-4-7-11-17)24-15-20-23-14-19(26-20)18-12-8-5-9-13-18/h4-14,16H,3,15H2,1-2H3,(H,23,26)(H2,22,24,25). The first-order valence-corrected chi connectivity index (χ1v) is 8.95. The van der Waals surface area contributed by atoms with Gasteiger partial charge in [0.1, 0.15) is 12.4 Å². The molecule has 0 saturated carbocycles. The number of aromatic amines is 1. The molecule has 3 aromatic rings. The second-order valence-corrected chi connectivity index (χ2v) is 6.08. The molecule has 0 saturated heterocycles. The van der Waals surface area contributed by atoms with Crippen LogP contribution in [0.5, 0.6) is 0 Å². The molecule has 1 atom stereocenters. The Kier molecular flexibility index (Phi) is 6.04. The second kappa shape index (κ2) is 8.85. The zero-order valence-electron chi connectivity index (χ0n) is 15.2. The van der Waals surface area contributed by atoms with Gasteiger partial charge >= 0.3 is 0 Å². The molecule has 5 heteroatoms. The number of H-pyrrole nitrogens is 1. The van der Waals surface area contributed by atoms with Crippen molar-refractivity contribution in [1.82, 2.24) is 20.6 Å². The molecule has 3 rings (SSSR count). The number of nitrogens with zero attached hydrogens (tertiary/aromatic N) is 2. The van der Waals surface area contributed by atoms with Gasteiger partial charge in [-0.1, -0.05) is 60.7 Å². The molecule has 134 valence electrons. The first kappa shape index (κ1) is 17.7. The molecule has 0 spiro atoms. The van der Waals surface area contributed by atoms with E-state index in [0.29, 0.717) is 6.54 Å². The summed E-state index contributed by atoms with van der Waals surface area (Å²) in [6.07, 6.45) is 1.85. The van der Waals surface area contributed by atoms with Crippen LogP contribution >= 0.6 is 0 Å². The summed E-state index contributed by atoms with van der Waals surface area (Å²) in [5, 5.41) is 6.73. The maximum Gasteiger partial charge on any atom is 0.192 e. The Balaban J connectivity index is 1.67. The van der Waals surface area contributed by atoms with Gasteiger partial charge in [0.15, 0.2) is 5.96 Å². The van der Waals surface area contributed by atoms with Crippen molar-refractivity contribution in [2.75, 3.05) is 6.54 Å². The summed E-state index contributed by atoms with van der Waals surface area (Å²) in [5.74, 6) is 1.62. The van der Waals surface area contributed by atoms with Crippen molar-refractivity contribution < 1.29 is 0 Å². The zero-order chi connectivity index (χ0) is 18.2. The first-order valence-electron chi connectivity index (χ1n) is 8.95. The van der Waals surface area contributed by atoms with E-state index in [-0.39, 0.29) is 6.04 Å². The van der Waals surface area contributed by atoms with Crippen LogP contribution in [0.2, 0.25) is 0 Å². The fourth-order valence-corrected chi connectivity index (χ4v) is 2.71. The number of imidazole rings is 1. The van der Waals surface area contributed by atoms with Gasteiger partial charge in [-0.3, -0.25) is 0 Å². The van der Waals surface area contributed by atoms with Crippen molar-refractivity contribution in [1.29, 1.82) is 0 Å². The molecule has 1 aromatic heterocycles. The van der Waals surface area contributed by atoms with Crippen molar-refractivity contribution in [3.8, 4) is 11.3 Å². The lowest BCUT2D eigenvalue weighted by Gasteiger charge is -2.18. The summed E-state index contributed by atoms with van der Waals surface area (Å²) < 4.78 is 0. The van der Waals surface area contributed by atoms with Crippen LogP contribution in [-0.2, 0) is 6.54 Å². The van der Waals surface area contributed by atoms with Crippen LogP contribution in [0.15, 0.2) is 71.9 Å². The zero-order valence-corrected chi connectivity index (χ0v) is 15.2. The average molecular weight is 347 g/mol. The number of hydrogen-bond donors (Lipinski definition) is 3. The topological polar surface area (TPSA) is 65.1 Å². The van der Waals surface area contributed by atoms with Crippen molar-refractivity contribution in [2.24, 2.45) is 4.99 Å². The molecular formula is C21H25N5. The molecule has 3 N–H and O–H groups in total. The van der Waals surface area contributed by atoms with Crippen LogP contribution in [0.3, 0.4) is 0 Å². The van der Waals surface area contributed by atoms with Crippen molar-refractivity contribution in [3.05, 3.63) is 78.2 Å². The third-order valence-corrected chi connectivity index (χ3v) is 4.10. The summed E-state index contributed by atoms with van der Waals surface area (Å²) in [7, 11) is 0. The summed E-state index contributed by atoms with van der Waals surface area (Å²) in [4.78, 5) is 12.4. The monoisotopic (exact) mass is 347 g/mol. The highest BCUT2D eigenvalue weighted by Gasteiger charge is 2.08. The number of rotatable bonds is 6. The van der Waals surface area contributed by atoms with E-state index in [1.165, 1.54) is 5.56 Å². The Hall–Kier alpha value is -3.08. The summed E-state index contributed by atoms with van der Waals surface area (Å²) in [5.41, 5.74) is 3.35. The Morgan fingerprint density at radius 2 is 1.77 bits per heavy atom. The Morgan fingerprint density at radius 3 is 2.46 bits per heavy atom. The minimum absolute atomic E-state index is 0.172. The molecule has 26 heavy (non-hydrogen) atoms. The summed E-state index contributed by atoms with van der Waals surface area (Å²) in [6, 6.07) is 20.7. The molecule has 0 amide bonds. The molecule has 0 fully saturated rings. The Bertz CT molecular complexity index is 824. The predicted molar refractivity (Wildman–Crippen MR) is 107 cm³/mol. The molecule has 0 bridgehead atoms. The van der Waals surface area contributed by atoms with E-state index < -0.39 is 0 Å². The first-order chi connectivity index (χ1) is 12.8. The maximum atomic E-state index is 4.66. The third-order valence-electron chi connectivity index (χ3n) is 4.10. The summed E-state index contributed by atoms with van der Waals surface area (Å²) >= 11 is 0. The van der Waals surface area contributed by atoms with Crippen LogP contribution in [0.25, 0.3) is 11.3 Å². The van der Waals surface area contributed by atoms with Gasteiger partial charge in [0.05, 0.1) is 17.9 Å². The number of benzene rings is 2. The van der Waals surface area contributed by atoms with E-state index in [1.54, 1.807) is 0 Å². The van der Waals surface area contributed by atoms with E-state index in [1.807, 2.05) is 42.6 Å². The fourth-order valence-electron chi connectivity index (χ4n) is 2.71. The van der Waals surface area contributed by atoms with Gasteiger partial charge in [0, 0.05) is 6.54 Å². The van der Waals surface area contributed by atoms with Gasteiger partial charge in [0.2, 0.25) is 0 Å². The van der Waals surface area contributed by atoms with Gasteiger partial charge < -0.3 is 15.6 Å². The van der Waals surface area contributed by atoms with Crippen LogP contribution in [0.1, 0.15) is 31.3 Å². The lowest BCUT2D eigenvalue weighted by Crippen LogP contribution is -2.38. The van der Waals surface area contributed by atoms with Gasteiger partial charge in [-0.05, 0) is 25.0 Å². The number of guanidine groups is 1. The smallest absolute Gasteiger partial charge is 0.192 e. The Labute approximate surface area is 154 Å². The number of aliphatic imine (C=N–C) groups is 1. The van der Waals surface area contributed by atoms with Gasteiger partial charge in [0.25, 0.3) is 0 Å². The average Bonchev–Trinajstić information content (AvgIpc) is 3.17. The largest absolute Gasteiger partial charge is 0.357 e. The molecule has 5 nitrogen and oxygen atoms in total. The van der Waals surface area contributed by atoms with Crippen LogP contribution in [0.4, 0.5) is 0 Å². The number of aromatic nitrogens is 2. The van der Waals surface area contributed by atoms with Crippen LogP contribution in [0, 0.1) is 0 Å². The summed E-state index contributed by atoms with van der Waals surface area (Å²) in [6.45, 7) is 5.48. The Morgan fingerprint density at radius 1 is 1.08 bits per heavy atom. The van der Waals surface area contributed by atoms with Gasteiger partial charge in [-0.15, -0.1) is 0 Å². The van der Waals surface area contributed by atoms with Crippen molar-refractivity contribution in [3.63, 3.8) is 0 Å². The fraction of sp³-hybridized carbons (Fsp3) is 0.238. The lowest BCUT2D eigenvalue weighted by molar-refractivity contribution is 0.685. The van der Waals surface area contributed by atoms with E-state index in [0.717, 1.165) is 29.6 Å². The SMILES string of the molecule is CCNC(=NCc1ncc(-c2ccccc2)[nH]1)NC(C)c1ccccc1. The van der Waals surface area contributed by atoms with Crippen LogP contribution < -0.4 is 10.6 Å². The second-order valence-electron chi connectivity index (χ2n) is 6.08. The minimum atomic E-state index is 0.172. The molecule has 0 aliphatic rings. The highest BCUT2D eigenvalue weighted by Crippen LogP contribution is 2.16. The quantitative estimate of drug-likeness (QED) is 0.468. The van der Waals surface area contributed by atoms with Gasteiger partial charge in [-0.25, -0.2) is 9.98 Å². The molecule has 0 radical (unpaired) electrons. The molecule has 1 unspecified atom stereocenters. The van der Waals surface area contributed by atoms with E-state index >= 15 is 0 Å². The van der Waals surface area contributed by atoms with E-state index in [9.17, 15) is 0 Å². The van der Waals surface area contributed by atoms with E-state index in [4.69, 9.17) is 0 Å². The lowest BCUT2D eigenvalue weighted by atomic mass is 10.1. The normalized spacial score (nSPS) is 12.6. The van der Waals surface area contributed by atoms with Crippen molar-refractivity contribution >= 4 is 5.96 Å². The van der Waals surface area contributed by atoms with Crippen LogP contribution in [-0.4, -0.2) is 22.5 Å². The third kappa shape index (κ3) is 4.72. The highest BCUT2D eigenvalue weighted by molar-refractivity contribution is 5.80.